The normalized spacial score (nSPS) is 19.5. The van der Waals surface area contributed by atoms with E-state index in [0.717, 1.165) is 41.1 Å². The molecule has 4 N–H and O–H groups in total. The Labute approximate surface area is 310 Å². The Hall–Kier alpha value is -4.01. The van der Waals surface area contributed by atoms with Crippen LogP contribution in [0.1, 0.15) is 89.8 Å². The van der Waals surface area contributed by atoms with Gasteiger partial charge in [-0.1, -0.05) is 43.3 Å². The predicted molar refractivity (Wildman–Crippen MR) is 201 cm³/mol. The molecular formula is C38H55N7O6S. The zero-order valence-corrected chi connectivity index (χ0v) is 32.3. The van der Waals surface area contributed by atoms with Gasteiger partial charge in [0.25, 0.3) is 0 Å². The molecule has 2 fully saturated rings. The predicted octanol–water partition coefficient (Wildman–Crippen LogP) is 5.33. The number of aliphatic hydroxyl groups excluding tert-OH is 1. The van der Waals surface area contributed by atoms with Crippen molar-refractivity contribution < 1.29 is 28.8 Å². The summed E-state index contributed by atoms with van der Waals surface area (Å²) in [4.78, 5) is 48.7. The third kappa shape index (κ3) is 10.1. The van der Waals surface area contributed by atoms with Crippen LogP contribution in [0.25, 0.3) is 10.4 Å². The van der Waals surface area contributed by atoms with Crippen LogP contribution < -0.4 is 16.0 Å². The van der Waals surface area contributed by atoms with Gasteiger partial charge < -0.3 is 40.1 Å². The minimum Gasteiger partial charge on any atom is -0.444 e. The first-order valence-corrected chi connectivity index (χ1v) is 19.3. The molecule has 2 saturated heterocycles. The maximum absolute atomic E-state index is 14.0. The molecule has 52 heavy (non-hydrogen) atoms. The Morgan fingerprint density at radius 3 is 2.44 bits per heavy atom. The van der Waals surface area contributed by atoms with E-state index in [9.17, 15) is 19.5 Å². The second-order valence-corrected chi connectivity index (χ2v) is 16.2. The van der Waals surface area contributed by atoms with Gasteiger partial charge in [-0.05, 0) is 77.0 Å². The number of benzene rings is 1. The first kappa shape index (κ1) is 39.2. The summed E-state index contributed by atoms with van der Waals surface area (Å²) in [5, 5.41) is 24.6. The molecule has 0 spiro atoms. The van der Waals surface area contributed by atoms with E-state index in [1.54, 1.807) is 22.3 Å². The highest BCUT2D eigenvalue weighted by Crippen LogP contribution is 2.33. The fourth-order valence-corrected chi connectivity index (χ4v) is 7.68. The van der Waals surface area contributed by atoms with Gasteiger partial charge >= 0.3 is 6.09 Å². The van der Waals surface area contributed by atoms with Crippen molar-refractivity contribution in [2.75, 3.05) is 44.6 Å². The molecule has 2 aliphatic rings. The van der Waals surface area contributed by atoms with Gasteiger partial charge in [-0.3, -0.25) is 9.59 Å². The summed E-state index contributed by atoms with van der Waals surface area (Å²) in [6.07, 6.45) is 0.966. The minimum atomic E-state index is -0.804. The van der Waals surface area contributed by atoms with E-state index in [0.29, 0.717) is 43.7 Å². The molecule has 0 aliphatic carbocycles. The molecular weight excluding hydrogens is 683 g/mol. The molecule has 1 aromatic carbocycles. The van der Waals surface area contributed by atoms with E-state index in [-0.39, 0.29) is 42.8 Å². The summed E-state index contributed by atoms with van der Waals surface area (Å²) in [7, 11) is 0. The highest BCUT2D eigenvalue weighted by Gasteiger charge is 2.43. The maximum Gasteiger partial charge on any atom is 0.410 e. The molecule has 284 valence electrons. The van der Waals surface area contributed by atoms with Crippen molar-refractivity contribution in [2.45, 2.75) is 97.4 Å². The number of aromatic nitrogens is 2. The molecule has 13 nitrogen and oxygen atoms in total. The van der Waals surface area contributed by atoms with Crippen LogP contribution >= 0.6 is 11.3 Å². The number of hydrogen-bond donors (Lipinski definition) is 4. The smallest absolute Gasteiger partial charge is 0.410 e. The van der Waals surface area contributed by atoms with Crippen LogP contribution in [0.3, 0.4) is 0 Å². The van der Waals surface area contributed by atoms with Gasteiger partial charge in [0.1, 0.15) is 17.6 Å². The standard InChI is InChI=1S/C38H55N7O6S/c1-23(2)33(31-19-32(43-51-31)40-15-14-39-20-26-12-16-44(17-13-26)37(49)50-38(5,6)7)36(48)45-21-29(46)18-30(45)35(47)42-24(3)27-8-10-28(11-9-27)34-25(4)41-22-52-34/h8-11,19,22-24,26,29-30,33,39,46H,12-18,20-21H2,1-7H3,(H,40,43)(H,42,47)/t24-,29+,30-,33+/m0/s1. The fourth-order valence-electron chi connectivity index (χ4n) is 6.87. The lowest BCUT2D eigenvalue weighted by molar-refractivity contribution is -0.141. The Morgan fingerprint density at radius 2 is 1.81 bits per heavy atom. The summed E-state index contributed by atoms with van der Waals surface area (Å²) < 4.78 is 11.2. The number of likely N-dealkylation sites (tertiary alicyclic amines) is 2. The molecule has 0 saturated carbocycles. The number of rotatable bonds is 13. The summed E-state index contributed by atoms with van der Waals surface area (Å²) in [6.45, 7) is 17.0. The molecule has 4 atom stereocenters. The van der Waals surface area contributed by atoms with Gasteiger partial charge in [0.15, 0.2) is 11.6 Å². The molecule has 3 aromatic rings. The largest absolute Gasteiger partial charge is 0.444 e. The van der Waals surface area contributed by atoms with Crippen molar-refractivity contribution in [1.29, 1.82) is 0 Å². The van der Waals surface area contributed by atoms with E-state index in [2.05, 4.69) is 26.1 Å². The molecule has 5 rings (SSSR count). The van der Waals surface area contributed by atoms with E-state index < -0.39 is 23.7 Å². The Balaban J connectivity index is 1.10. The number of β-amino-alcohol motifs (C(OH)–C–C–N with tert-alkyl or cyclic N) is 1. The fraction of sp³-hybridized carbons (Fsp3) is 0.605. The minimum absolute atomic E-state index is 0.0718. The molecule has 0 unspecified atom stereocenters. The van der Waals surface area contributed by atoms with Crippen molar-refractivity contribution >= 4 is 35.1 Å². The number of amides is 3. The zero-order chi connectivity index (χ0) is 37.6. The van der Waals surface area contributed by atoms with Gasteiger partial charge in [0.2, 0.25) is 11.8 Å². The third-order valence-corrected chi connectivity index (χ3v) is 10.7. The van der Waals surface area contributed by atoms with Crippen molar-refractivity contribution in [3.8, 4) is 10.4 Å². The maximum atomic E-state index is 14.0. The number of carbonyl (C=O) groups excluding carboxylic acids is 3. The molecule has 0 radical (unpaired) electrons. The molecule has 2 aliphatic heterocycles. The van der Waals surface area contributed by atoms with Crippen molar-refractivity contribution in [3.05, 3.63) is 52.9 Å². The van der Waals surface area contributed by atoms with Gasteiger partial charge in [-0.2, -0.15) is 0 Å². The quantitative estimate of drug-likeness (QED) is 0.169. The molecule has 2 aromatic heterocycles. The Morgan fingerprint density at radius 1 is 1.10 bits per heavy atom. The zero-order valence-electron chi connectivity index (χ0n) is 31.5. The highest BCUT2D eigenvalue weighted by atomic mass is 32.1. The molecule has 3 amide bonds. The number of hydrogen-bond acceptors (Lipinski definition) is 11. The van der Waals surface area contributed by atoms with E-state index in [4.69, 9.17) is 9.26 Å². The third-order valence-electron chi connectivity index (χ3n) is 9.72. The number of nitrogens with one attached hydrogen (secondary N) is 3. The van der Waals surface area contributed by atoms with Crippen LogP contribution in [0.5, 0.6) is 0 Å². The number of thiazole rings is 1. The molecule has 0 bridgehead atoms. The van der Waals surface area contributed by atoms with Crippen LogP contribution in [-0.4, -0.2) is 100.0 Å². The SMILES string of the molecule is Cc1ncsc1-c1ccc([C@H](C)NC(=O)[C@@H]2C[C@@H](O)CN2C(=O)[C@@H](c2cc(NCCNCC3CCN(C(=O)OC(C)(C)C)CC3)no2)C(C)C)cc1. The first-order chi connectivity index (χ1) is 24.7. The lowest BCUT2D eigenvalue weighted by Crippen LogP contribution is -2.48. The van der Waals surface area contributed by atoms with Crippen molar-refractivity contribution in [1.82, 2.24) is 30.6 Å². The van der Waals surface area contributed by atoms with E-state index in [1.165, 1.54) is 4.90 Å². The molecule has 14 heteroatoms. The summed E-state index contributed by atoms with van der Waals surface area (Å²) in [5.74, 6) is 0.0403. The van der Waals surface area contributed by atoms with Crippen LogP contribution in [0.15, 0.2) is 40.4 Å². The monoisotopic (exact) mass is 737 g/mol. The van der Waals surface area contributed by atoms with Gasteiger partial charge in [0.05, 0.1) is 28.2 Å². The summed E-state index contributed by atoms with van der Waals surface area (Å²) >= 11 is 1.59. The topological polar surface area (TPSA) is 162 Å². The van der Waals surface area contributed by atoms with Gasteiger partial charge in [-0.15, -0.1) is 11.3 Å². The second-order valence-electron chi connectivity index (χ2n) is 15.4. The van der Waals surface area contributed by atoms with Crippen LogP contribution in [0.4, 0.5) is 10.6 Å². The van der Waals surface area contributed by atoms with E-state index >= 15 is 0 Å². The number of ether oxygens (including phenoxy) is 1. The average molecular weight is 738 g/mol. The van der Waals surface area contributed by atoms with Crippen LogP contribution in [0, 0.1) is 18.8 Å². The number of carbonyl (C=O) groups is 3. The van der Waals surface area contributed by atoms with Crippen molar-refractivity contribution in [2.24, 2.45) is 11.8 Å². The Bertz CT molecular complexity index is 1640. The molecule has 4 heterocycles. The van der Waals surface area contributed by atoms with E-state index in [1.807, 2.05) is 78.2 Å². The number of piperidine rings is 1. The number of nitrogens with zero attached hydrogens (tertiary/aromatic N) is 4. The van der Waals surface area contributed by atoms with Crippen LogP contribution in [-0.2, 0) is 14.3 Å². The number of anilines is 1. The van der Waals surface area contributed by atoms with Crippen LogP contribution in [0.2, 0.25) is 0 Å². The number of aryl methyl sites for hydroxylation is 1. The first-order valence-electron chi connectivity index (χ1n) is 18.4. The van der Waals surface area contributed by atoms with Gasteiger partial charge in [0, 0.05) is 45.2 Å². The lowest BCUT2D eigenvalue weighted by atomic mass is 9.91. The second kappa shape index (κ2) is 17.2. The highest BCUT2D eigenvalue weighted by molar-refractivity contribution is 7.13. The number of aliphatic hydroxyl groups is 1. The van der Waals surface area contributed by atoms with Crippen molar-refractivity contribution in [3.63, 3.8) is 0 Å². The lowest BCUT2D eigenvalue weighted by Gasteiger charge is -2.33. The average Bonchev–Trinajstić information content (AvgIpc) is 3.84. The summed E-state index contributed by atoms with van der Waals surface area (Å²) in [6, 6.07) is 8.68. The van der Waals surface area contributed by atoms with Gasteiger partial charge in [-0.25, -0.2) is 9.78 Å². The summed E-state index contributed by atoms with van der Waals surface area (Å²) in [5.41, 5.74) is 4.33. The Kier molecular flexibility index (Phi) is 13.0.